The minimum atomic E-state index is 0.0839. The first-order valence-corrected chi connectivity index (χ1v) is 9.35. The summed E-state index contributed by atoms with van der Waals surface area (Å²) >= 11 is 0. The summed E-state index contributed by atoms with van der Waals surface area (Å²) in [4.78, 5) is 26.6. The number of amides is 2. The van der Waals surface area contributed by atoms with Gasteiger partial charge in [0.15, 0.2) is 0 Å². The molecule has 0 aromatic heterocycles. The maximum Gasteiger partial charge on any atom is 0.224 e. The first-order chi connectivity index (χ1) is 12.6. The SMILES string of the molecule is C[C@H]1C[C@H]1C(=O)NCCC(=O)N1Cc2ccccc2-c2ccccc2C1. The molecule has 0 unspecified atom stereocenters. The van der Waals surface area contributed by atoms with E-state index in [0.29, 0.717) is 32.0 Å². The third-order valence-corrected chi connectivity index (χ3v) is 5.48. The average molecular weight is 348 g/mol. The van der Waals surface area contributed by atoms with Crippen molar-refractivity contribution in [2.75, 3.05) is 6.54 Å². The van der Waals surface area contributed by atoms with Gasteiger partial charge >= 0.3 is 0 Å². The Morgan fingerprint density at radius 3 is 2.08 bits per heavy atom. The molecular formula is C22H24N2O2. The predicted molar refractivity (Wildman–Crippen MR) is 101 cm³/mol. The molecule has 1 N–H and O–H groups in total. The molecule has 2 aliphatic rings. The second kappa shape index (κ2) is 6.94. The van der Waals surface area contributed by atoms with Crippen LogP contribution in [-0.4, -0.2) is 23.3 Å². The fourth-order valence-corrected chi connectivity index (χ4v) is 3.75. The molecule has 2 amide bonds. The van der Waals surface area contributed by atoms with Gasteiger partial charge in [-0.15, -0.1) is 0 Å². The van der Waals surface area contributed by atoms with E-state index in [1.165, 1.54) is 22.3 Å². The van der Waals surface area contributed by atoms with Crippen molar-refractivity contribution in [3.8, 4) is 11.1 Å². The summed E-state index contributed by atoms with van der Waals surface area (Å²) in [6.07, 6.45) is 1.32. The third kappa shape index (κ3) is 3.36. The highest BCUT2D eigenvalue weighted by Gasteiger charge is 2.38. The Morgan fingerprint density at radius 2 is 1.54 bits per heavy atom. The van der Waals surface area contributed by atoms with Gasteiger partial charge in [0.05, 0.1) is 0 Å². The molecule has 2 aromatic rings. The fraction of sp³-hybridized carbons (Fsp3) is 0.364. The number of fused-ring (bicyclic) bond motifs is 3. The lowest BCUT2D eigenvalue weighted by Crippen LogP contribution is -2.34. The zero-order chi connectivity index (χ0) is 18.1. The molecule has 2 atom stereocenters. The fourth-order valence-electron chi connectivity index (χ4n) is 3.75. The van der Waals surface area contributed by atoms with E-state index < -0.39 is 0 Å². The first kappa shape index (κ1) is 16.8. The lowest BCUT2D eigenvalue weighted by atomic mass is 9.97. The van der Waals surface area contributed by atoms with Crippen LogP contribution in [0.2, 0.25) is 0 Å². The van der Waals surface area contributed by atoms with Gasteiger partial charge in [-0.05, 0) is 34.6 Å². The van der Waals surface area contributed by atoms with E-state index in [1.54, 1.807) is 0 Å². The number of benzene rings is 2. The van der Waals surface area contributed by atoms with Crippen LogP contribution < -0.4 is 5.32 Å². The summed E-state index contributed by atoms with van der Waals surface area (Å²) in [7, 11) is 0. The largest absolute Gasteiger partial charge is 0.355 e. The van der Waals surface area contributed by atoms with Gasteiger partial charge < -0.3 is 10.2 Å². The van der Waals surface area contributed by atoms with Crippen molar-refractivity contribution in [2.24, 2.45) is 11.8 Å². The maximum atomic E-state index is 12.8. The monoisotopic (exact) mass is 348 g/mol. The van der Waals surface area contributed by atoms with Crippen LogP contribution in [0.15, 0.2) is 48.5 Å². The van der Waals surface area contributed by atoms with E-state index in [9.17, 15) is 9.59 Å². The maximum absolute atomic E-state index is 12.8. The topological polar surface area (TPSA) is 49.4 Å². The van der Waals surface area contributed by atoms with E-state index in [-0.39, 0.29) is 17.7 Å². The lowest BCUT2D eigenvalue weighted by molar-refractivity contribution is -0.132. The Hall–Kier alpha value is -2.62. The third-order valence-electron chi connectivity index (χ3n) is 5.48. The van der Waals surface area contributed by atoms with Gasteiger partial charge in [-0.2, -0.15) is 0 Å². The average Bonchev–Trinajstić information content (AvgIpc) is 3.41. The number of rotatable bonds is 4. The van der Waals surface area contributed by atoms with Crippen molar-refractivity contribution in [3.05, 3.63) is 59.7 Å². The second-order valence-electron chi connectivity index (χ2n) is 7.42. The lowest BCUT2D eigenvalue weighted by Gasteiger charge is -2.21. The van der Waals surface area contributed by atoms with E-state index in [0.717, 1.165) is 6.42 Å². The first-order valence-electron chi connectivity index (χ1n) is 9.35. The molecule has 0 bridgehead atoms. The van der Waals surface area contributed by atoms with Crippen molar-refractivity contribution in [1.29, 1.82) is 0 Å². The van der Waals surface area contributed by atoms with Crippen molar-refractivity contribution < 1.29 is 9.59 Å². The number of carbonyl (C=O) groups is 2. The number of carbonyl (C=O) groups excluding carboxylic acids is 2. The standard InChI is InChI=1S/C22H24N2O2/c1-15-12-20(15)22(26)23-11-10-21(25)24-13-16-6-2-4-8-18(16)19-9-5-3-7-17(19)14-24/h2-9,15,20H,10-14H2,1H3,(H,23,26)/t15-,20+/m0/s1. The van der Waals surface area contributed by atoms with Gasteiger partial charge in [0.1, 0.15) is 0 Å². The summed E-state index contributed by atoms with van der Waals surface area (Å²) in [5.74, 6) is 0.823. The molecule has 0 spiro atoms. The van der Waals surface area contributed by atoms with Crippen molar-refractivity contribution in [1.82, 2.24) is 10.2 Å². The molecule has 26 heavy (non-hydrogen) atoms. The number of nitrogens with zero attached hydrogens (tertiary/aromatic N) is 1. The molecule has 1 saturated carbocycles. The highest BCUT2D eigenvalue weighted by atomic mass is 16.2. The van der Waals surface area contributed by atoms with Gasteiger partial charge in [-0.3, -0.25) is 9.59 Å². The molecule has 1 aliphatic heterocycles. The Morgan fingerprint density at radius 1 is 1.00 bits per heavy atom. The van der Waals surface area contributed by atoms with Gasteiger partial charge in [0.2, 0.25) is 11.8 Å². The summed E-state index contributed by atoms with van der Waals surface area (Å²) in [6.45, 7) is 3.72. The molecule has 0 radical (unpaired) electrons. The molecular weight excluding hydrogens is 324 g/mol. The predicted octanol–water partition coefficient (Wildman–Crippen LogP) is 3.36. The molecule has 4 heteroatoms. The minimum absolute atomic E-state index is 0.0839. The highest BCUT2D eigenvalue weighted by molar-refractivity contribution is 5.83. The Balaban J connectivity index is 1.46. The Labute approximate surface area is 154 Å². The number of hydrogen-bond donors (Lipinski definition) is 1. The molecule has 1 fully saturated rings. The van der Waals surface area contributed by atoms with E-state index in [1.807, 2.05) is 29.2 Å². The van der Waals surface area contributed by atoms with Crippen LogP contribution in [0.3, 0.4) is 0 Å². The quantitative estimate of drug-likeness (QED) is 0.921. The number of hydrogen-bond acceptors (Lipinski definition) is 2. The van der Waals surface area contributed by atoms with Crippen LogP contribution in [0.4, 0.5) is 0 Å². The van der Waals surface area contributed by atoms with Crippen LogP contribution in [-0.2, 0) is 22.7 Å². The summed E-state index contributed by atoms with van der Waals surface area (Å²) in [5, 5.41) is 2.91. The molecule has 1 heterocycles. The molecule has 0 saturated heterocycles. The van der Waals surface area contributed by atoms with Gasteiger partial charge in [0, 0.05) is 32.0 Å². The van der Waals surface area contributed by atoms with Crippen molar-refractivity contribution >= 4 is 11.8 Å². The molecule has 4 nitrogen and oxygen atoms in total. The van der Waals surface area contributed by atoms with E-state index in [4.69, 9.17) is 0 Å². The van der Waals surface area contributed by atoms with E-state index >= 15 is 0 Å². The Kier molecular flexibility index (Phi) is 4.49. The Bertz CT molecular complexity index is 798. The van der Waals surface area contributed by atoms with Gasteiger partial charge in [0.25, 0.3) is 0 Å². The summed E-state index contributed by atoms with van der Waals surface area (Å²) < 4.78 is 0. The minimum Gasteiger partial charge on any atom is -0.355 e. The van der Waals surface area contributed by atoms with E-state index in [2.05, 4.69) is 36.5 Å². The normalized spacial score (nSPS) is 20.6. The van der Waals surface area contributed by atoms with Crippen LogP contribution in [0, 0.1) is 11.8 Å². The number of nitrogens with one attached hydrogen (secondary N) is 1. The van der Waals surface area contributed by atoms with Crippen LogP contribution in [0.25, 0.3) is 11.1 Å². The highest BCUT2D eigenvalue weighted by Crippen LogP contribution is 2.37. The zero-order valence-electron chi connectivity index (χ0n) is 15.1. The molecule has 134 valence electrons. The zero-order valence-corrected chi connectivity index (χ0v) is 15.1. The van der Waals surface area contributed by atoms with Crippen molar-refractivity contribution in [3.63, 3.8) is 0 Å². The van der Waals surface area contributed by atoms with Crippen LogP contribution >= 0.6 is 0 Å². The van der Waals surface area contributed by atoms with Gasteiger partial charge in [-0.25, -0.2) is 0 Å². The second-order valence-corrected chi connectivity index (χ2v) is 7.42. The molecule has 1 aliphatic carbocycles. The van der Waals surface area contributed by atoms with Crippen molar-refractivity contribution in [2.45, 2.75) is 32.9 Å². The summed E-state index contributed by atoms with van der Waals surface area (Å²) in [6, 6.07) is 16.6. The van der Waals surface area contributed by atoms with Crippen LogP contribution in [0.1, 0.15) is 30.9 Å². The smallest absolute Gasteiger partial charge is 0.224 e. The molecule has 2 aromatic carbocycles. The molecule has 4 rings (SSSR count). The van der Waals surface area contributed by atoms with Gasteiger partial charge in [-0.1, -0.05) is 55.5 Å². The van der Waals surface area contributed by atoms with Crippen LogP contribution in [0.5, 0.6) is 0 Å². The summed E-state index contributed by atoms with van der Waals surface area (Å²) in [5.41, 5.74) is 4.74.